The summed E-state index contributed by atoms with van der Waals surface area (Å²) in [6.07, 6.45) is 6.78. The van der Waals surface area contributed by atoms with Crippen LogP contribution in [0.4, 0.5) is 4.79 Å². The summed E-state index contributed by atoms with van der Waals surface area (Å²) in [6, 6.07) is -0.884. The fourth-order valence-corrected chi connectivity index (χ4v) is 3.46. The topological polar surface area (TPSA) is 103 Å². The molecular weight excluding hydrogens is 408 g/mol. The van der Waals surface area contributed by atoms with Crippen LogP contribution in [0.3, 0.4) is 0 Å². The number of unbranched alkanes of at least 4 members (excludes halogenated alkanes) is 2. The van der Waals surface area contributed by atoms with Crippen LogP contribution in [0.1, 0.15) is 73.1 Å². The molecule has 0 saturated heterocycles. The SMILES string of the molecule is CCCCO/N=C(\CCC(NC(=O)OC(C)(C)C)C(=O)OCCCC)C[SH](C)(C)=O. The zero-order valence-corrected chi connectivity index (χ0v) is 20.7. The summed E-state index contributed by atoms with van der Waals surface area (Å²) in [7, 11) is -2.38. The Bertz CT molecular complexity index is 595. The highest BCUT2D eigenvalue weighted by Gasteiger charge is 2.26. The minimum absolute atomic E-state index is 0.250. The van der Waals surface area contributed by atoms with Gasteiger partial charge in [0.25, 0.3) is 0 Å². The van der Waals surface area contributed by atoms with Crippen LogP contribution in [0.5, 0.6) is 0 Å². The molecule has 0 saturated carbocycles. The molecular formula is C21H42N2O6S. The maximum atomic E-state index is 12.5. The molecule has 1 amide bonds. The highest BCUT2D eigenvalue weighted by atomic mass is 32.2. The van der Waals surface area contributed by atoms with Crippen molar-refractivity contribution in [2.45, 2.75) is 84.8 Å². The first-order valence-electron chi connectivity index (χ1n) is 10.8. The van der Waals surface area contributed by atoms with Crippen LogP contribution < -0.4 is 5.32 Å². The van der Waals surface area contributed by atoms with Gasteiger partial charge in [-0.05, 0) is 59.0 Å². The molecule has 1 unspecified atom stereocenters. The molecule has 178 valence electrons. The second kappa shape index (κ2) is 14.4. The molecule has 9 heteroatoms. The summed E-state index contributed by atoms with van der Waals surface area (Å²) in [6.45, 7) is 10.1. The molecule has 0 bridgehead atoms. The van der Waals surface area contributed by atoms with Crippen LogP contribution in [0.2, 0.25) is 0 Å². The Labute approximate surface area is 182 Å². The lowest BCUT2D eigenvalue weighted by Gasteiger charge is -2.23. The van der Waals surface area contributed by atoms with E-state index in [2.05, 4.69) is 17.4 Å². The Morgan fingerprint density at radius 1 is 1.07 bits per heavy atom. The van der Waals surface area contributed by atoms with Crippen LogP contribution in [-0.4, -0.2) is 65.1 Å². The van der Waals surface area contributed by atoms with Crippen molar-refractivity contribution in [3.63, 3.8) is 0 Å². The zero-order valence-electron chi connectivity index (χ0n) is 19.8. The van der Waals surface area contributed by atoms with Gasteiger partial charge >= 0.3 is 12.1 Å². The molecule has 0 aliphatic heterocycles. The van der Waals surface area contributed by atoms with Crippen molar-refractivity contribution in [2.75, 3.05) is 31.5 Å². The third-order valence-corrected chi connectivity index (χ3v) is 4.91. The van der Waals surface area contributed by atoms with Gasteiger partial charge in [0.05, 0.1) is 12.3 Å². The fraction of sp³-hybridized carbons (Fsp3) is 0.857. The number of carbonyl (C=O) groups excluding carboxylic acids is 2. The molecule has 1 N–H and O–H groups in total. The van der Waals surface area contributed by atoms with Gasteiger partial charge in [-0.2, -0.15) is 0 Å². The minimum atomic E-state index is -2.38. The van der Waals surface area contributed by atoms with Gasteiger partial charge in [-0.25, -0.2) is 9.59 Å². The molecule has 30 heavy (non-hydrogen) atoms. The van der Waals surface area contributed by atoms with Crippen molar-refractivity contribution < 1.29 is 28.1 Å². The lowest BCUT2D eigenvalue weighted by Crippen LogP contribution is -2.44. The quantitative estimate of drug-likeness (QED) is 0.138. The molecule has 0 rings (SSSR count). The van der Waals surface area contributed by atoms with Crippen molar-refractivity contribution in [1.82, 2.24) is 5.32 Å². The predicted octanol–water partition coefficient (Wildman–Crippen LogP) is 3.45. The van der Waals surface area contributed by atoms with Crippen LogP contribution in [0.15, 0.2) is 5.16 Å². The Kier molecular flexibility index (Phi) is 13.6. The summed E-state index contributed by atoms with van der Waals surface area (Å²) < 4.78 is 22.8. The molecule has 0 radical (unpaired) electrons. The van der Waals surface area contributed by atoms with Crippen LogP contribution >= 0.6 is 0 Å². The van der Waals surface area contributed by atoms with Gasteiger partial charge < -0.3 is 19.6 Å². The number of esters is 1. The van der Waals surface area contributed by atoms with E-state index < -0.39 is 33.6 Å². The third kappa shape index (κ3) is 16.2. The number of thiol groups is 1. The Morgan fingerprint density at radius 2 is 1.67 bits per heavy atom. The second-order valence-corrected chi connectivity index (χ2v) is 12.3. The Balaban J connectivity index is 5.17. The lowest BCUT2D eigenvalue weighted by molar-refractivity contribution is -0.146. The highest BCUT2D eigenvalue weighted by molar-refractivity contribution is 8.02. The van der Waals surface area contributed by atoms with Crippen molar-refractivity contribution in [3.05, 3.63) is 0 Å². The fourth-order valence-electron chi connectivity index (χ4n) is 2.37. The van der Waals surface area contributed by atoms with E-state index in [4.69, 9.17) is 14.3 Å². The van der Waals surface area contributed by atoms with Crippen LogP contribution in [0, 0.1) is 0 Å². The number of rotatable bonds is 14. The number of hydrogen-bond acceptors (Lipinski definition) is 7. The van der Waals surface area contributed by atoms with Crippen molar-refractivity contribution >= 4 is 27.7 Å². The number of nitrogens with zero attached hydrogens (tertiary/aromatic N) is 1. The maximum Gasteiger partial charge on any atom is 0.408 e. The predicted molar refractivity (Wildman–Crippen MR) is 123 cm³/mol. The first kappa shape index (κ1) is 28.4. The largest absolute Gasteiger partial charge is 0.464 e. The summed E-state index contributed by atoms with van der Waals surface area (Å²) >= 11 is 0. The highest BCUT2D eigenvalue weighted by Crippen LogP contribution is 2.10. The maximum absolute atomic E-state index is 12.5. The van der Waals surface area contributed by atoms with Gasteiger partial charge in [-0.15, -0.1) is 9.93 Å². The monoisotopic (exact) mass is 450 g/mol. The average molecular weight is 451 g/mol. The molecule has 1 atom stereocenters. The van der Waals surface area contributed by atoms with Crippen LogP contribution in [-0.2, 0) is 29.0 Å². The summed E-state index contributed by atoms with van der Waals surface area (Å²) in [5.74, 6) is -0.222. The molecule has 0 aliphatic carbocycles. The number of carbonyl (C=O) groups is 2. The first-order chi connectivity index (χ1) is 13.9. The van der Waals surface area contributed by atoms with Gasteiger partial charge in [0, 0.05) is 5.75 Å². The van der Waals surface area contributed by atoms with E-state index in [0.717, 1.165) is 25.7 Å². The van der Waals surface area contributed by atoms with Gasteiger partial charge in [0.15, 0.2) is 0 Å². The lowest BCUT2D eigenvalue weighted by atomic mass is 10.1. The number of oxime groups is 1. The number of amides is 1. The molecule has 0 fully saturated rings. The van der Waals surface area contributed by atoms with E-state index >= 15 is 0 Å². The van der Waals surface area contributed by atoms with E-state index in [0.29, 0.717) is 31.1 Å². The van der Waals surface area contributed by atoms with Crippen molar-refractivity contribution in [2.24, 2.45) is 5.16 Å². The molecule has 0 spiro atoms. The normalized spacial score (nSPS) is 14.0. The van der Waals surface area contributed by atoms with E-state index in [1.165, 1.54) is 0 Å². The summed E-state index contributed by atoms with van der Waals surface area (Å²) in [5.41, 5.74) is -0.0749. The molecule has 0 aromatic rings. The molecule has 0 aromatic heterocycles. The van der Waals surface area contributed by atoms with E-state index in [1.807, 2.05) is 6.92 Å². The van der Waals surface area contributed by atoms with E-state index in [9.17, 15) is 13.8 Å². The molecule has 0 aromatic carbocycles. The number of ether oxygens (including phenoxy) is 2. The van der Waals surface area contributed by atoms with E-state index in [-0.39, 0.29) is 6.42 Å². The second-order valence-electron chi connectivity index (χ2n) is 8.83. The summed E-state index contributed by atoms with van der Waals surface area (Å²) in [5, 5.41) is 6.73. The first-order valence-corrected chi connectivity index (χ1v) is 13.5. The standard InChI is InChI=1S/C21H42N2O6S/c1-8-10-14-27-19(24)18(22-20(25)29-21(3,4)5)13-12-17(16-30(6,7)26)23-28-15-11-9-2/h18,30H,8-16H2,1-7H3,(H,22,25)/b23-17+. The molecule has 8 nitrogen and oxygen atoms in total. The summed E-state index contributed by atoms with van der Waals surface area (Å²) in [4.78, 5) is 30.0. The van der Waals surface area contributed by atoms with Gasteiger partial charge in [0.2, 0.25) is 0 Å². The third-order valence-electron chi connectivity index (χ3n) is 3.79. The molecule has 0 aliphatic rings. The number of hydrogen-bond donors (Lipinski definition) is 2. The molecule has 0 heterocycles. The van der Waals surface area contributed by atoms with Gasteiger partial charge in [-0.1, -0.05) is 31.8 Å². The van der Waals surface area contributed by atoms with Gasteiger partial charge in [-0.3, -0.25) is 4.21 Å². The number of alkyl carbamates (subject to hydrolysis) is 1. The number of nitrogens with one attached hydrogen (secondary N) is 1. The van der Waals surface area contributed by atoms with Crippen molar-refractivity contribution in [3.8, 4) is 0 Å². The van der Waals surface area contributed by atoms with E-state index in [1.54, 1.807) is 33.3 Å². The van der Waals surface area contributed by atoms with Gasteiger partial charge in [0.1, 0.15) is 18.2 Å². The van der Waals surface area contributed by atoms with Crippen molar-refractivity contribution in [1.29, 1.82) is 0 Å². The zero-order chi connectivity index (χ0) is 23.2. The average Bonchev–Trinajstić information content (AvgIpc) is 2.59. The van der Waals surface area contributed by atoms with Crippen LogP contribution in [0.25, 0.3) is 0 Å². The Morgan fingerprint density at radius 3 is 2.20 bits per heavy atom. The minimum Gasteiger partial charge on any atom is -0.464 e. The smallest absolute Gasteiger partial charge is 0.408 e. The Hall–Kier alpha value is -1.64.